The minimum atomic E-state index is -1.14. The molecule has 0 aliphatic rings. The molecule has 0 saturated carbocycles. The summed E-state index contributed by atoms with van der Waals surface area (Å²) in [6, 6.07) is 5.53. The molecule has 1 aromatic heterocycles. The molecule has 1 heterocycles. The molecule has 0 saturated heterocycles. The minimum Gasteiger partial charge on any atom is -0.478 e. The van der Waals surface area contributed by atoms with Gasteiger partial charge in [0.15, 0.2) is 5.16 Å². The molecule has 2 rings (SSSR count). The van der Waals surface area contributed by atoms with Gasteiger partial charge in [0.1, 0.15) is 5.82 Å². The van der Waals surface area contributed by atoms with Gasteiger partial charge in [-0.05, 0) is 30.7 Å². The van der Waals surface area contributed by atoms with Crippen molar-refractivity contribution in [3.63, 3.8) is 0 Å². The molecule has 0 atom stereocenters. The van der Waals surface area contributed by atoms with Gasteiger partial charge in [-0.1, -0.05) is 17.8 Å². The maximum Gasteiger partial charge on any atom is 0.336 e. The topological polar surface area (TPSA) is 63.1 Å². The number of hydrogen-bond donors (Lipinski definition) is 1. The van der Waals surface area contributed by atoms with Crippen LogP contribution in [0.5, 0.6) is 0 Å². The van der Waals surface area contributed by atoms with Gasteiger partial charge in [-0.25, -0.2) is 19.2 Å². The van der Waals surface area contributed by atoms with E-state index in [0.29, 0.717) is 16.5 Å². The molecule has 0 bridgehead atoms. The molecule has 0 spiro atoms. The number of halogens is 1. The highest BCUT2D eigenvalue weighted by Gasteiger charge is 2.12. The van der Waals surface area contributed by atoms with Crippen LogP contribution in [0.3, 0.4) is 0 Å². The molecule has 0 aliphatic heterocycles. The predicted octanol–water partition coefficient (Wildman–Crippen LogP) is 2.91. The molecule has 98 valence electrons. The van der Waals surface area contributed by atoms with Crippen molar-refractivity contribution in [2.45, 2.75) is 17.8 Å². The number of carbonyl (C=O) groups is 1. The van der Waals surface area contributed by atoms with Crippen molar-refractivity contribution in [1.29, 1.82) is 0 Å². The van der Waals surface area contributed by atoms with E-state index in [9.17, 15) is 9.18 Å². The number of benzene rings is 1. The van der Waals surface area contributed by atoms with Gasteiger partial charge in [0.25, 0.3) is 0 Å². The van der Waals surface area contributed by atoms with Crippen molar-refractivity contribution in [3.05, 3.63) is 53.1 Å². The molecule has 1 aromatic carbocycles. The summed E-state index contributed by atoms with van der Waals surface area (Å²) in [5.41, 5.74) is 1.36. The molecule has 0 fully saturated rings. The number of hydrogen-bond acceptors (Lipinski definition) is 4. The number of carboxylic acids is 1. The van der Waals surface area contributed by atoms with Gasteiger partial charge in [-0.3, -0.25) is 0 Å². The molecule has 19 heavy (non-hydrogen) atoms. The van der Waals surface area contributed by atoms with Crippen LogP contribution in [0.4, 0.5) is 4.39 Å². The summed E-state index contributed by atoms with van der Waals surface area (Å²) < 4.78 is 13.0. The standard InChI is InChI=1S/C13H11FN2O2S/c1-8-4-5-15-13(16-8)19-7-9-2-3-10(14)6-11(9)12(17)18/h2-6H,7H2,1H3,(H,17,18). The molecule has 0 radical (unpaired) electrons. The fraction of sp³-hybridized carbons (Fsp3) is 0.154. The zero-order valence-electron chi connectivity index (χ0n) is 10.1. The number of nitrogens with zero attached hydrogens (tertiary/aromatic N) is 2. The lowest BCUT2D eigenvalue weighted by Crippen LogP contribution is -2.02. The Bertz CT molecular complexity index is 619. The van der Waals surface area contributed by atoms with Gasteiger partial charge in [-0.15, -0.1) is 0 Å². The van der Waals surface area contributed by atoms with Crippen molar-refractivity contribution < 1.29 is 14.3 Å². The van der Waals surface area contributed by atoms with Crippen LogP contribution in [0.25, 0.3) is 0 Å². The highest BCUT2D eigenvalue weighted by atomic mass is 32.2. The highest BCUT2D eigenvalue weighted by molar-refractivity contribution is 7.98. The van der Waals surface area contributed by atoms with Gasteiger partial charge >= 0.3 is 5.97 Å². The first-order valence-electron chi connectivity index (χ1n) is 5.50. The van der Waals surface area contributed by atoms with Crippen LogP contribution in [0.1, 0.15) is 21.6 Å². The van der Waals surface area contributed by atoms with Crippen LogP contribution < -0.4 is 0 Å². The molecule has 6 heteroatoms. The van der Waals surface area contributed by atoms with Crippen molar-refractivity contribution in [1.82, 2.24) is 9.97 Å². The summed E-state index contributed by atoms with van der Waals surface area (Å²) in [5, 5.41) is 9.59. The lowest BCUT2D eigenvalue weighted by atomic mass is 10.1. The van der Waals surface area contributed by atoms with Crippen LogP contribution in [0.15, 0.2) is 35.6 Å². The Hall–Kier alpha value is -1.95. The van der Waals surface area contributed by atoms with E-state index in [1.54, 1.807) is 12.3 Å². The van der Waals surface area contributed by atoms with E-state index in [4.69, 9.17) is 5.11 Å². The van der Waals surface area contributed by atoms with E-state index >= 15 is 0 Å². The molecule has 0 aliphatic carbocycles. The van der Waals surface area contributed by atoms with Crippen molar-refractivity contribution in [2.75, 3.05) is 0 Å². The SMILES string of the molecule is Cc1ccnc(SCc2ccc(F)cc2C(=O)O)n1. The number of thioether (sulfide) groups is 1. The number of carboxylic acid groups (broad SMARTS) is 1. The quantitative estimate of drug-likeness (QED) is 0.688. The smallest absolute Gasteiger partial charge is 0.336 e. The molecular weight excluding hydrogens is 267 g/mol. The van der Waals surface area contributed by atoms with Gasteiger partial charge in [-0.2, -0.15) is 0 Å². The summed E-state index contributed by atoms with van der Waals surface area (Å²) >= 11 is 1.32. The first-order chi connectivity index (χ1) is 9.06. The second-order valence-corrected chi connectivity index (χ2v) is 4.82. The van der Waals surface area contributed by atoms with Gasteiger partial charge in [0.05, 0.1) is 5.56 Å². The van der Waals surface area contributed by atoms with Crippen molar-refractivity contribution >= 4 is 17.7 Å². The lowest BCUT2D eigenvalue weighted by Gasteiger charge is -2.05. The van der Waals surface area contributed by atoms with Crippen LogP contribution in [-0.4, -0.2) is 21.0 Å². The van der Waals surface area contributed by atoms with E-state index in [1.807, 2.05) is 6.92 Å². The van der Waals surface area contributed by atoms with Gasteiger partial charge in [0.2, 0.25) is 0 Å². The zero-order valence-corrected chi connectivity index (χ0v) is 10.9. The Balaban J connectivity index is 2.17. The zero-order chi connectivity index (χ0) is 13.8. The molecule has 0 unspecified atom stereocenters. The maximum atomic E-state index is 13.0. The molecular formula is C13H11FN2O2S. The summed E-state index contributed by atoms with van der Waals surface area (Å²) in [6.45, 7) is 1.85. The molecule has 0 amide bonds. The largest absolute Gasteiger partial charge is 0.478 e. The van der Waals surface area contributed by atoms with Crippen LogP contribution >= 0.6 is 11.8 Å². The fourth-order valence-electron chi connectivity index (χ4n) is 1.51. The lowest BCUT2D eigenvalue weighted by molar-refractivity contribution is 0.0695. The average molecular weight is 278 g/mol. The number of rotatable bonds is 4. The fourth-order valence-corrected chi connectivity index (χ4v) is 2.39. The molecule has 1 N–H and O–H groups in total. The van der Waals surface area contributed by atoms with E-state index in [0.717, 1.165) is 11.8 Å². The second kappa shape index (κ2) is 5.79. The summed E-state index contributed by atoms with van der Waals surface area (Å²) in [5.74, 6) is -1.32. The first kappa shape index (κ1) is 13.5. The first-order valence-corrected chi connectivity index (χ1v) is 6.49. The molecule has 4 nitrogen and oxygen atoms in total. The minimum absolute atomic E-state index is 0.0276. The van der Waals surface area contributed by atoms with E-state index in [1.165, 1.54) is 23.9 Å². The maximum absolute atomic E-state index is 13.0. The highest BCUT2D eigenvalue weighted by Crippen LogP contribution is 2.22. The Kier molecular flexibility index (Phi) is 4.11. The van der Waals surface area contributed by atoms with Crippen LogP contribution in [-0.2, 0) is 5.75 Å². The van der Waals surface area contributed by atoms with Crippen LogP contribution in [0.2, 0.25) is 0 Å². The Morgan fingerprint density at radius 1 is 1.42 bits per heavy atom. The summed E-state index contributed by atoms with van der Waals surface area (Å²) in [4.78, 5) is 19.3. The second-order valence-electron chi connectivity index (χ2n) is 3.88. The number of aromatic carboxylic acids is 1. The van der Waals surface area contributed by atoms with Crippen LogP contribution in [0, 0.1) is 12.7 Å². The van der Waals surface area contributed by atoms with Gasteiger partial charge in [0, 0.05) is 17.6 Å². The van der Waals surface area contributed by atoms with E-state index in [-0.39, 0.29) is 5.56 Å². The van der Waals surface area contributed by atoms with Crippen molar-refractivity contribution in [3.8, 4) is 0 Å². The summed E-state index contributed by atoms with van der Waals surface area (Å²) in [6.07, 6.45) is 1.65. The normalized spacial score (nSPS) is 10.4. The third-order valence-corrected chi connectivity index (χ3v) is 3.34. The molecule has 2 aromatic rings. The Morgan fingerprint density at radius 3 is 2.89 bits per heavy atom. The third kappa shape index (κ3) is 3.51. The van der Waals surface area contributed by atoms with E-state index in [2.05, 4.69) is 9.97 Å². The number of aromatic nitrogens is 2. The average Bonchev–Trinajstić information content (AvgIpc) is 2.37. The van der Waals surface area contributed by atoms with Gasteiger partial charge < -0.3 is 5.11 Å². The van der Waals surface area contributed by atoms with E-state index < -0.39 is 11.8 Å². The van der Waals surface area contributed by atoms with Crippen molar-refractivity contribution in [2.24, 2.45) is 0 Å². The monoisotopic (exact) mass is 278 g/mol. The summed E-state index contributed by atoms with van der Waals surface area (Å²) in [7, 11) is 0. The number of aryl methyl sites for hydroxylation is 1. The third-order valence-electron chi connectivity index (χ3n) is 2.43. The Labute approximate surface area is 113 Å². The Morgan fingerprint density at radius 2 is 2.21 bits per heavy atom. The predicted molar refractivity (Wildman–Crippen MR) is 69.7 cm³/mol.